The average Bonchev–Trinajstić information content (AvgIpc) is 2.76. The van der Waals surface area contributed by atoms with Gasteiger partial charge in [0.1, 0.15) is 0 Å². The van der Waals surface area contributed by atoms with E-state index in [9.17, 15) is 4.79 Å². The summed E-state index contributed by atoms with van der Waals surface area (Å²) < 4.78 is 0. The summed E-state index contributed by atoms with van der Waals surface area (Å²) in [6.45, 7) is 4.02. The molecule has 0 unspecified atom stereocenters. The Balaban J connectivity index is 2.27. The van der Waals surface area contributed by atoms with Crippen LogP contribution in [-0.2, 0) is 0 Å². The van der Waals surface area contributed by atoms with Crippen molar-refractivity contribution in [2.24, 2.45) is 5.41 Å². The number of piperidine rings is 1. The third-order valence-electron chi connectivity index (χ3n) is 3.59. The standard InChI is InChI=1S/C13H18ClNOS/c1-2-4-13(5-7-15-8-6-13)12(16)11-10(14)3-9-17-11/h3,9,15H,2,4-8H2,1H3. The molecule has 1 N–H and O–H groups in total. The Morgan fingerprint density at radius 1 is 1.53 bits per heavy atom. The summed E-state index contributed by atoms with van der Waals surface area (Å²) in [6, 6.07) is 1.82. The molecule has 1 saturated heterocycles. The molecule has 0 aromatic carbocycles. The van der Waals surface area contributed by atoms with Crippen LogP contribution in [0.15, 0.2) is 11.4 Å². The number of hydrogen-bond donors (Lipinski definition) is 1. The minimum absolute atomic E-state index is 0.172. The van der Waals surface area contributed by atoms with E-state index in [2.05, 4.69) is 12.2 Å². The SMILES string of the molecule is CCCC1(C(=O)c2sccc2Cl)CCNCC1. The second kappa shape index (κ2) is 5.51. The predicted octanol–water partition coefficient (Wildman–Crippen LogP) is 3.75. The number of Topliss-reactive ketones (excluding diaryl/α,β-unsaturated/α-hetero) is 1. The van der Waals surface area contributed by atoms with Gasteiger partial charge in [-0.15, -0.1) is 11.3 Å². The molecule has 0 radical (unpaired) electrons. The predicted molar refractivity (Wildman–Crippen MR) is 73.1 cm³/mol. The summed E-state index contributed by atoms with van der Waals surface area (Å²) in [5.74, 6) is 0.265. The highest BCUT2D eigenvalue weighted by Gasteiger charge is 2.40. The molecule has 0 atom stereocenters. The Labute approximate surface area is 111 Å². The summed E-state index contributed by atoms with van der Waals surface area (Å²) >= 11 is 7.56. The molecule has 0 saturated carbocycles. The van der Waals surface area contributed by atoms with Gasteiger partial charge < -0.3 is 5.32 Å². The fraction of sp³-hybridized carbons (Fsp3) is 0.615. The summed E-state index contributed by atoms with van der Waals surface area (Å²) in [4.78, 5) is 13.4. The Morgan fingerprint density at radius 3 is 2.76 bits per heavy atom. The van der Waals surface area contributed by atoms with Crippen molar-refractivity contribution in [1.82, 2.24) is 5.32 Å². The fourth-order valence-corrected chi connectivity index (χ4v) is 3.87. The van der Waals surface area contributed by atoms with Gasteiger partial charge >= 0.3 is 0 Å². The minimum atomic E-state index is -0.172. The van der Waals surface area contributed by atoms with Gasteiger partial charge in [0, 0.05) is 5.41 Å². The first-order valence-electron chi connectivity index (χ1n) is 6.18. The van der Waals surface area contributed by atoms with Gasteiger partial charge in [-0.2, -0.15) is 0 Å². The first-order valence-corrected chi connectivity index (χ1v) is 7.44. The molecule has 0 spiro atoms. The van der Waals surface area contributed by atoms with Gasteiger partial charge in [0.05, 0.1) is 9.90 Å². The molecule has 4 heteroatoms. The van der Waals surface area contributed by atoms with E-state index in [4.69, 9.17) is 11.6 Å². The van der Waals surface area contributed by atoms with Crippen molar-refractivity contribution < 1.29 is 4.79 Å². The third-order valence-corrected chi connectivity index (χ3v) is 4.93. The van der Waals surface area contributed by atoms with E-state index in [1.165, 1.54) is 11.3 Å². The van der Waals surface area contributed by atoms with Crippen LogP contribution in [0.4, 0.5) is 0 Å². The molecule has 0 aliphatic carbocycles. The Morgan fingerprint density at radius 2 is 2.24 bits per heavy atom. The van der Waals surface area contributed by atoms with Gasteiger partial charge in [0.15, 0.2) is 5.78 Å². The van der Waals surface area contributed by atoms with Crippen molar-refractivity contribution in [3.63, 3.8) is 0 Å². The number of hydrogen-bond acceptors (Lipinski definition) is 3. The second-order valence-corrected chi connectivity index (χ2v) is 6.03. The lowest BCUT2D eigenvalue weighted by molar-refractivity contribution is 0.0709. The minimum Gasteiger partial charge on any atom is -0.317 e. The van der Waals surface area contributed by atoms with E-state index >= 15 is 0 Å². The van der Waals surface area contributed by atoms with E-state index < -0.39 is 0 Å². The molecule has 0 amide bonds. The van der Waals surface area contributed by atoms with Crippen molar-refractivity contribution in [3.05, 3.63) is 21.3 Å². The maximum Gasteiger partial charge on any atom is 0.180 e. The average molecular weight is 272 g/mol. The smallest absolute Gasteiger partial charge is 0.180 e. The van der Waals surface area contributed by atoms with Gasteiger partial charge in [0.2, 0.25) is 0 Å². The van der Waals surface area contributed by atoms with Gasteiger partial charge in [-0.1, -0.05) is 24.9 Å². The van der Waals surface area contributed by atoms with Gasteiger partial charge in [-0.25, -0.2) is 0 Å². The second-order valence-electron chi connectivity index (χ2n) is 4.71. The topological polar surface area (TPSA) is 29.1 Å². The monoisotopic (exact) mass is 271 g/mol. The zero-order chi connectivity index (χ0) is 12.3. The maximum absolute atomic E-state index is 12.7. The number of carbonyl (C=O) groups is 1. The Hall–Kier alpha value is -0.380. The van der Waals surface area contributed by atoms with Crippen LogP contribution < -0.4 is 5.32 Å². The largest absolute Gasteiger partial charge is 0.317 e. The zero-order valence-corrected chi connectivity index (χ0v) is 11.7. The number of nitrogens with one attached hydrogen (secondary N) is 1. The Kier molecular flexibility index (Phi) is 4.23. The normalized spacial score (nSPS) is 19.2. The van der Waals surface area contributed by atoms with Crippen LogP contribution in [-0.4, -0.2) is 18.9 Å². The fourth-order valence-electron chi connectivity index (χ4n) is 2.67. The van der Waals surface area contributed by atoms with E-state index in [-0.39, 0.29) is 11.2 Å². The number of thiophene rings is 1. The first-order chi connectivity index (χ1) is 8.19. The third kappa shape index (κ3) is 2.56. The highest BCUT2D eigenvalue weighted by molar-refractivity contribution is 7.12. The lowest BCUT2D eigenvalue weighted by Crippen LogP contribution is -2.42. The van der Waals surface area contributed by atoms with Crippen LogP contribution >= 0.6 is 22.9 Å². The van der Waals surface area contributed by atoms with Crippen molar-refractivity contribution in [2.75, 3.05) is 13.1 Å². The molecular formula is C13H18ClNOS. The van der Waals surface area contributed by atoms with Crippen molar-refractivity contribution in [2.45, 2.75) is 32.6 Å². The lowest BCUT2D eigenvalue weighted by atomic mass is 9.71. The number of halogens is 1. The molecule has 1 aliphatic heterocycles. The summed E-state index contributed by atoms with van der Waals surface area (Å²) in [7, 11) is 0. The Bertz CT molecular complexity index is 390. The molecule has 17 heavy (non-hydrogen) atoms. The van der Waals surface area contributed by atoms with Crippen LogP contribution in [0.3, 0.4) is 0 Å². The number of carbonyl (C=O) groups excluding carboxylic acids is 1. The number of rotatable bonds is 4. The van der Waals surface area contributed by atoms with Crippen LogP contribution in [0.1, 0.15) is 42.3 Å². The number of ketones is 1. The zero-order valence-electron chi connectivity index (χ0n) is 10.1. The van der Waals surface area contributed by atoms with Crippen molar-refractivity contribution in [1.29, 1.82) is 0 Å². The highest BCUT2D eigenvalue weighted by Crippen LogP contribution is 2.40. The van der Waals surface area contributed by atoms with Gasteiger partial charge in [-0.3, -0.25) is 4.79 Å². The first kappa shape index (κ1) is 13.1. The molecular weight excluding hydrogens is 254 g/mol. The van der Waals surface area contributed by atoms with Crippen LogP contribution in [0.5, 0.6) is 0 Å². The van der Waals surface area contributed by atoms with Gasteiger partial charge in [-0.05, 0) is 43.8 Å². The van der Waals surface area contributed by atoms with Crippen LogP contribution in [0, 0.1) is 5.41 Å². The summed E-state index contributed by atoms with van der Waals surface area (Å²) in [5, 5.41) is 5.85. The van der Waals surface area contributed by atoms with Gasteiger partial charge in [0.25, 0.3) is 0 Å². The molecule has 1 aromatic heterocycles. The lowest BCUT2D eigenvalue weighted by Gasteiger charge is -2.36. The maximum atomic E-state index is 12.7. The quantitative estimate of drug-likeness (QED) is 0.845. The summed E-state index contributed by atoms with van der Waals surface area (Å²) in [5.41, 5.74) is -0.172. The van der Waals surface area contributed by atoms with Crippen molar-refractivity contribution >= 4 is 28.7 Å². The molecule has 2 nitrogen and oxygen atoms in total. The molecule has 1 aliphatic rings. The van der Waals surface area contributed by atoms with E-state index in [1.807, 2.05) is 11.4 Å². The molecule has 2 rings (SSSR count). The summed E-state index contributed by atoms with van der Waals surface area (Å²) in [6.07, 6.45) is 3.90. The molecule has 1 aromatic rings. The van der Waals surface area contributed by atoms with E-state index in [0.717, 1.165) is 43.6 Å². The van der Waals surface area contributed by atoms with Crippen LogP contribution in [0.2, 0.25) is 5.02 Å². The van der Waals surface area contributed by atoms with E-state index in [0.29, 0.717) is 5.02 Å². The van der Waals surface area contributed by atoms with Crippen LogP contribution in [0.25, 0.3) is 0 Å². The molecule has 94 valence electrons. The molecule has 2 heterocycles. The van der Waals surface area contributed by atoms with Crippen molar-refractivity contribution in [3.8, 4) is 0 Å². The molecule has 0 bridgehead atoms. The molecule has 1 fully saturated rings. The highest BCUT2D eigenvalue weighted by atomic mass is 35.5. The van der Waals surface area contributed by atoms with E-state index in [1.54, 1.807) is 0 Å².